The van der Waals surface area contributed by atoms with Gasteiger partial charge in [-0.3, -0.25) is 0 Å². The molecule has 0 saturated carbocycles. The summed E-state index contributed by atoms with van der Waals surface area (Å²) in [6, 6.07) is 17.8. The molecule has 2 aromatic carbocycles. The molecule has 3 aromatic rings. The van der Waals surface area contributed by atoms with E-state index in [0.717, 1.165) is 42.8 Å². The van der Waals surface area contributed by atoms with Crippen molar-refractivity contribution in [2.24, 2.45) is 4.99 Å². The number of aromatic nitrogens is 3. The van der Waals surface area contributed by atoms with Crippen molar-refractivity contribution in [1.29, 1.82) is 0 Å². The third-order valence-electron chi connectivity index (χ3n) is 5.02. The Morgan fingerprint density at radius 2 is 1.84 bits per heavy atom. The first-order valence-corrected chi connectivity index (χ1v) is 10.9. The van der Waals surface area contributed by atoms with Crippen molar-refractivity contribution in [3.05, 3.63) is 72.3 Å². The summed E-state index contributed by atoms with van der Waals surface area (Å²) in [6.07, 6.45) is 2.63. The first-order valence-electron chi connectivity index (χ1n) is 10.9. The van der Waals surface area contributed by atoms with Crippen LogP contribution in [-0.4, -0.2) is 59.5 Å². The second kappa shape index (κ2) is 12.3. The molecule has 0 bridgehead atoms. The number of aryl methyl sites for hydroxylation is 1. The second-order valence-corrected chi connectivity index (χ2v) is 7.29. The molecule has 32 heavy (non-hydrogen) atoms. The van der Waals surface area contributed by atoms with E-state index in [1.165, 1.54) is 5.56 Å². The Kier molecular flexibility index (Phi) is 8.92. The first kappa shape index (κ1) is 23.1. The third-order valence-corrected chi connectivity index (χ3v) is 5.02. The molecule has 8 nitrogen and oxygen atoms in total. The monoisotopic (exact) mass is 436 g/mol. The van der Waals surface area contributed by atoms with Crippen LogP contribution in [0.2, 0.25) is 0 Å². The normalized spacial score (nSPS) is 11.3. The summed E-state index contributed by atoms with van der Waals surface area (Å²) in [6.45, 7) is 5.43. The highest BCUT2D eigenvalue weighted by molar-refractivity contribution is 5.79. The lowest BCUT2D eigenvalue weighted by atomic mass is 10.2. The van der Waals surface area contributed by atoms with Gasteiger partial charge in [0.15, 0.2) is 5.96 Å². The number of hydrogen-bond donors (Lipinski definition) is 1. The van der Waals surface area contributed by atoms with Gasteiger partial charge in [0.05, 0.1) is 20.2 Å². The van der Waals surface area contributed by atoms with Crippen LogP contribution in [0.5, 0.6) is 11.5 Å². The van der Waals surface area contributed by atoms with Gasteiger partial charge in [-0.2, -0.15) is 0 Å². The molecule has 0 amide bonds. The molecule has 1 N–H and O–H groups in total. The van der Waals surface area contributed by atoms with Crippen molar-refractivity contribution in [3.8, 4) is 11.5 Å². The van der Waals surface area contributed by atoms with Crippen LogP contribution in [0.4, 0.5) is 0 Å². The topological polar surface area (TPSA) is 76.8 Å². The molecule has 1 aromatic heterocycles. The Hall–Kier alpha value is -3.55. The van der Waals surface area contributed by atoms with Crippen LogP contribution in [0.1, 0.15) is 18.3 Å². The number of rotatable bonds is 11. The van der Waals surface area contributed by atoms with Crippen LogP contribution in [0.25, 0.3) is 0 Å². The number of nitrogens with zero attached hydrogens (tertiary/aromatic N) is 5. The van der Waals surface area contributed by atoms with Gasteiger partial charge in [-0.1, -0.05) is 37.3 Å². The van der Waals surface area contributed by atoms with Crippen LogP contribution < -0.4 is 14.8 Å². The lowest BCUT2D eigenvalue weighted by molar-refractivity contribution is 0.280. The Balaban J connectivity index is 1.56. The minimum absolute atomic E-state index is 0.542. The van der Waals surface area contributed by atoms with E-state index >= 15 is 0 Å². The van der Waals surface area contributed by atoms with E-state index < -0.39 is 0 Å². The zero-order valence-corrected chi connectivity index (χ0v) is 19.1. The summed E-state index contributed by atoms with van der Waals surface area (Å²) in [5.41, 5.74) is 1.17. The molecule has 0 spiro atoms. The molecule has 0 aliphatic heterocycles. The van der Waals surface area contributed by atoms with Crippen molar-refractivity contribution < 1.29 is 9.47 Å². The summed E-state index contributed by atoms with van der Waals surface area (Å²) in [5.74, 6) is 3.44. The second-order valence-electron chi connectivity index (χ2n) is 7.29. The maximum Gasteiger partial charge on any atom is 0.194 e. The van der Waals surface area contributed by atoms with E-state index in [2.05, 4.69) is 44.0 Å². The molecule has 170 valence electrons. The molecule has 0 unspecified atom stereocenters. The van der Waals surface area contributed by atoms with Crippen LogP contribution in [0.3, 0.4) is 0 Å². The SMILES string of the molecule is CCc1nncn1CCNC(=NCc1ccccc1)N(C)CCOc1ccc(OC)cc1. The molecule has 3 rings (SSSR count). The Bertz CT molecular complexity index is 956. The quantitative estimate of drug-likeness (QED) is 0.368. The summed E-state index contributed by atoms with van der Waals surface area (Å²) >= 11 is 0. The highest BCUT2D eigenvalue weighted by Gasteiger charge is 2.08. The largest absolute Gasteiger partial charge is 0.497 e. The van der Waals surface area contributed by atoms with Crippen LogP contribution in [-0.2, 0) is 19.5 Å². The number of nitrogens with one attached hydrogen (secondary N) is 1. The number of benzene rings is 2. The van der Waals surface area contributed by atoms with E-state index in [0.29, 0.717) is 19.7 Å². The molecule has 0 saturated heterocycles. The molecular formula is C24H32N6O2. The zero-order valence-electron chi connectivity index (χ0n) is 19.1. The summed E-state index contributed by atoms with van der Waals surface area (Å²) in [5, 5.41) is 11.6. The minimum atomic E-state index is 0.542. The molecule has 0 fully saturated rings. The van der Waals surface area contributed by atoms with Gasteiger partial charge in [0.25, 0.3) is 0 Å². The van der Waals surface area contributed by atoms with E-state index in [1.807, 2.05) is 49.5 Å². The van der Waals surface area contributed by atoms with Crippen LogP contribution in [0, 0.1) is 0 Å². The van der Waals surface area contributed by atoms with Gasteiger partial charge in [0.1, 0.15) is 30.3 Å². The van der Waals surface area contributed by atoms with Gasteiger partial charge in [0.2, 0.25) is 0 Å². The maximum absolute atomic E-state index is 5.88. The smallest absolute Gasteiger partial charge is 0.194 e. The van der Waals surface area contributed by atoms with Crippen molar-refractivity contribution in [1.82, 2.24) is 25.0 Å². The van der Waals surface area contributed by atoms with Gasteiger partial charge in [-0.15, -0.1) is 10.2 Å². The van der Waals surface area contributed by atoms with Crippen LogP contribution in [0.15, 0.2) is 65.9 Å². The third kappa shape index (κ3) is 7.01. The Morgan fingerprint density at radius 3 is 2.56 bits per heavy atom. The Morgan fingerprint density at radius 1 is 1.09 bits per heavy atom. The maximum atomic E-state index is 5.88. The van der Waals surface area contributed by atoms with E-state index in [1.54, 1.807) is 13.4 Å². The van der Waals surface area contributed by atoms with Crippen molar-refractivity contribution in [2.45, 2.75) is 26.4 Å². The standard InChI is InChI=1S/C24H32N6O2/c1-4-23-28-27-19-30(23)15-14-25-24(26-18-20-8-6-5-7-9-20)29(2)16-17-32-22-12-10-21(31-3)11-13-22/h5-13,19H,4,14-18H2,1-3H3,(H,25,26). The number of ether oxygens (including phenoxy) is 2. The van der Waals surface area contributed by atoms with E-state index in [4.69, 9.17) is 14.5 Å². The fraction of sp³-hybridized carbons (Fsp3) is 0.375. The number of aliphatic imine (C=N–C) groups is 1. The molecule has 0 aliphatic rings. The molecule has 0 aliphatic carbocycles. The van der Waals surface area contributed by atoms with Crippen molar-refractivity contribution in [2.75, 3.05) is 33.9 Å². The zero-order chi connectivity index (χ0) is 22.6. The molecule has 8 heteroatoms. The van der Waals surface area contributed by atoms with Gasteiger partial charge in [-0.25, -0.2) is 4.99 Å². The minimum Gasteiger partial charge on any atom is -0.497 e. The highest BCUT2D eigenvalue weighted by Crippen LogP contribution is 2.16. The van der Waals surface area contributed by atoms with Gasteiger partial charge in [0, 0.05) is 26.6 Å². The number of hydrogen-bond acceptors (Lipinski definition) is 5. The lowest BCUT2D eigenvalue weighted by Gasteiger charge is -2.23. The summed E-state index contributed by atoms with van der Waals surface area (Å²) in [4.78, 5) is 6.91. The molecule has 0 atom stereocenters. The number of likely N-dealkylation sites (N-methyl/N-ethyl adjacent to an activating group) is 1. The van der Waals surface area contributed by atoms with E-state index in [9.17, 15) is 0 Å². The summed E-state index contributed by atoms with van der Waals surface area (Å²) < 4.78 is 13.1. The average Bonchev–Trinajstić information content (AvgIpc) is 3.29. The lowest BCUT2D eigenvalue weighted by Crippen LogP contribution is -2.42. The summed E-state index contributed by atoms with van der Waals surface area (Å²) in [7, 11) is 3.67. The average molecular weight is 437 g/mol. The fourth-order valence-electron chi connectivity index (χ4n) is 3.17. The highest BCUT2D eigenvalue weighted by atomic mass is 16.5. The van der Waals surface area contributed by atoms with Crippen LogP contribution >= 0.6 is 0 Å². The predicted octanol–water partition coefficient (Wildman–Crippen LogP) is 3.01. The first-order chi connectivity index (χ1) is 15.7. The molecule has 0 radical (unpaired) electrons. The fourth-order valence-corrected chi connectivity index (χ4v) is 3.17. The van der Waals surface area contributed by atoms with Crippen molar-refractivity contribution >= 4 is 5.96 Å². The van der Waals surface area contributed by atoms with Crippen molar-refractivity contribution in [3.63, 3.8) is 0 Å². The Labute approximate surface area is 189 Å². The predicted molar refractivity (Wildman–Crippen MR) is 126 cm³/mol. The molecule has 1 heterocycles. The number of guanidine groups is 1. The molecular weight excluding hydrogens is 404 g/mol. The van der Waals surface area contributed by atoms with Gasteiger partial charge < -0.3 is 24.3 Å². The van der Waals surface area contributed by atoms with E-state index in [-0.39, 0.29) is 0 Å². The van der Waals surface area contributed by atoms with Gasteiger partial charge >= 0.3 is 0 Å². The van der Waals surface area contributed by atoms with Gasteiger partial charge in [-0.05, 0) is 29.8 Å². The number of methoxy groups -OCH3 is 1.